The lowest BCUT2D eigenvalue weighted by molar-refractivity contribution is 0.312. The highest BCUT2D eigenvalue weighted by Crippen LogP contribution is 2.28. The van der Waals surface area contributed by atoms with Gasteiger partial charge in [0.05, 0.1) is 5.52 Å². The topological polar surface area (TPSA) is 37.2 Å². The lowest BCUT2D eigenvalue weighted by Gasteiger charge is -2.33. The van der Waals surface area contributed by atoms with Crippen molar-refractivity contribution in [1.82, 2.24) is 19.4 Å². The molecule has 0 aliphatic carbocycles. The fraction of sp³-hybridized carbons (Fsp3) is 0.375. The van der Waals surface area contributed by atoms with Crippen molar-refractivity contribution in [1.29, 1.82) is 0 Å². The van der Waals surface area contributed by atoms with Crippen molar-refractivity contribution < 1.29 is 0 Å². The molecule has 108 valence electrons. The number of anilines is 1. The first-order chi connectivity index (χ1) is 10.2. The van der Waals surface area contributed by atoms with Gasteiger partial charge in [0.2, 0.25) is 0 Å². The molecular formula is C16H19N5. The number of fused-ring (bicyclic) bond motifs is 3. The van der Waals surface area contributed by atoms with E-state index in [1.54, 1.807) is 0 Å². The monoisotopic (exact) mass is 281 g/mol. The standard InChI is InChI=1S/C16H19N5/c1-19-7-9-21(10-8-19)15-4-3-12-13-11-17-6-5-14(13)20(2)16(12)18-15/h3-6,11H,7-10H2,1-2H3. The van der Waals surface area contributed by atoms with Gasteiger partial charge in [0.15, 0.2) is 0 Å². The summed E-state index contributed by atoms with van der Waals surface area (Å²) in [7, 11) is 4.25. The summed E-state index contributed by atoms with van der Waals surface area (Å²) < 4.78 is 2.16. The van der Waals surface area contributed by atoms with Gasteiger partial charge in [-0.15, -0.1) is 0 Å². The molecule has 5 heteroatoms. The van der Waals surface area contributed by atoms with Gasteiger partial charge in [0.1, 0.15) is 11.5 Å². The van der Waals surface area contributed by atoms with Gasteiger partial charge in [0, 0.05) is 56.4 Å². The molecule has 0 radical (unpaired) electrons. The molecule has 0 bridgehead atoms. The highest BCUT2D eigenvalue weighted by Gasteiger charge is 2.17. The van der Waals surface area contributed by atoms with Crippen molar-refractivity contribution in [2.24, 2.45) is 7.05 Å². The maximum Gasteiger partial charge on any atom is 0.143 e. The van der Waals surface area contributed by atoms with Crippen molar-refractivity contribution in [3.05, 3.63) is 30.6 Å². The van der Waals surface area contributed by atoms with Crippen molar-refractivity contribution in [2.75, 3.05) is 38.1 Å². The van der Waals surface area contributed by atoms with E-state index < -0.39 is 0 Å². The average molecular weight is 281 g/mol. The van der Waals surface area contributed by atoms with Crippen LogP contribution in [0.4, 0.5) is 5.82 Å². The smallest absolute Gasteiger partial charge is 0.143 e. The van der Waals surface area contributed by atoms with Crippen LogP contribution in [0.1, 0.15) is 0 Å². The van der Waals surface area contributed by atoms with E-state index in [4.69, 9.17) is 4.98 Å². The zero-order chi connectivity index (χ0) is 14.4. The summed E-state index contributed by atoms with van der Waals surface area (Å²) in [5, 5.41) is 2.35. The molecule has 0 spiro atoms. The molecule has 0 saturated carbocycles. The lowest BCUT2D eigenvalue weighted by Crippen LogP contribution is -2.44. The van der Waals surface area contributed by atoms with E-state index in [2.05, 4.69) is 45.6 Å². The van der Waals surface area contributed by atoms with E-state index in [1.165, 1.54) is 16.3 Å². The van der Waals surface area contributed by atoms with Gasteiger partial charge in [0.25, 0.3) is 0 Å². The molecule has 0 unspecified atom stereocenters. The number of hydrogen-bond donors (Lipinski definition) is 0. The second-order valence-corrected chi connectivity index (χ2v) is 5.78. The molecule has 4 heterocycles. The second-order valence-electron chi connectivity index (χ2n) is 5.78. The predicted octanol–water partition coefficient (Wildman–Crippen LogP) is 1.87. The Kier molecular flexibility index (Phi) is 2.82. The highest BCUT2D eigenvalue weighted by atomic mass is 15.3. The van der Waals surface area contributed by atoms with Crippen LogP contribution in [0.3, 0.4) is 0 Å². The first-order valence-corrected chi connectivity index (χ1v) is 7.37. The van der Waals surface area contributed by atoms with Gasteiger partial charge in [-0.3, -0.25) is 4.98 Å². The van der Waals surface area contributed by atoms with Gasteiger partial charge in [-0.2, -0.15) is 0 Å². The van der Waals surface area contributed by atoms with E-state index in [0.29, 0.717) is 0 Å². The second kappa shape index (κ2) is 4.70. The van der Waals surface area contributed by atoms with E-state index >= 15 is 0 Å². The summed E-state index contributed by atoms with van der Waals surface area (Å²) in [5.74, 6) is 1.08. The Morgan fingerprint density at radius 2 is 1.76 bits per heavy atom. The van der Waals surface area contributed by atoms with Crippen LogP contribution in [0.15, 0.2) is 30.6 Å². The third-order valence-electron chi connectivity index (χ3n) is 4.45. The average Bonchev–Trinajstić information content (AvgIpc) is 2.81. The van der Waals surface area contributed by atoms with E-state index in [9.17, 15) is 0 Å². The van der Waals surface area contributed by atoms with Gasteiger partial charge < -0.3 is 14.4 Å². The summed E-state index contributed by atoms with van der Waals surface area (Å²) in [6.45, 7) is 4.28. The third kappa shape index (κ3) is 1.96. The zero-order valence-corrected chi connectivity index (χ0v) is 12.5. The van der Waals surface area contributed by atoms with Gasteiger partial charge >= 0.3 is 0 Å². The van der Waals surface area contributed by atoms with Gasteiger partial charge in [-0.25, -0.2) is 4.98 Å². The normalized spacial score (nSPS) is 17.0. The molecule has 4 rings (SSSR count). The Balaban J connectivity index is 1.83. The van der Waals surface area contributed by atoms with E-state index in [-0.39, 0.29) is 0 Å². The van der Waals surface area contributed by atoms with Crippen molar-refractivity contribution in [3.8, 4) is 0 Å². The summed E-state index contributed by atoms with van der Waals surface area (Å²) in [5.41, 5.74) is 2.22. The molecule has 0 amide bonds. The van der Waals surface area contributed by atoms with Gasteiger partial charge in [-0.05, 0) is 25.2 Å². The summed E-state index contributed by atoms with van der Waals surface area (Å²) in [6, 6.07) is 6.37. The molecule has 0 aromatic carbocycles. The molecule has 1 aliphatic rings. The van der Waals surface area contributed by atoms with E-state index in [0.717, 1.165) is 37.6 Å². The maximum atomic E-state index is 4.90. The van der Waals surface area contributed by atoms with Gasteiger partial charge in [-0.1, -0.05) is 0 Å². The number of pyridine rings is 2. The molecule has 3 aromatic heterocycles. The van der Waals surface area contributed by atoms with Crippen LogP contribution in [0.5, 0.6) is 0 Å². The summed E-state index contributed by atoms with van der Waals surface area (Å²) in [6.07, 6.45) is 3.76. The molecule has 3 aromatic rings. The van der Waals surface area contributed by atoms with Crippen LogP contribution in [0, 0.1) is 0 Å². The maximum absolute atomic E-state index is 4.90. The van der Waals surface area contributed by atoms with Crippen molar-refractivity contribution in [2.45, 2.75) is 0 Å². The lowest BCUT2D eigenvalue weighted by atomic mass is 10.2. The Hall–Kier alpha value is -2.14. The first kappa shape index (κ1) is 12.6. The van der Waals surface area contributed by atoms with Crippen LogP contribution < -0.4 is 4.90 Å². The Bertz CT molecular complexity index is 799. The highest BCUT2D eigenvalue weighted by molar-refractivity contribution is 6.06. The molecule has 1 saturated heterocycles. The number of aromatic nitrogens is 3. The van der Waals surface area contributed by atoms with Crippen molar-refractivity contribution in [3.63, 3.8) is 0 Å². The SMILES string of the molecule is CN1CCN(c2ccc3c4cnccc4n(C)c3n2)CC1. The van der Waals surface area contributed by atoms with Crippen molar-refractivity contribution >= 4 is 27.8 Å². The number of likely N-dealkylation sites (N-methyl/N-ethyl adjacent to an activating group) is 1. The first-order valence-electron chi connectivity index (χ1n) is 7.37. The predicted molar refractivity (Wildman–Crippen MR) is 85.7 cm³/mol. The Labute approximate surface area is 123 Å². The number of nitrogens with zero attached hydrogens (tertiary/aromatic N) is 5. The largest absolute Gasteiger partial charge is 0.354 e. The Morgan fingerprint density at radius 1 is 0.952 bits per heavy atom. The van der Waals surface area contributed by atoms with Crippen LogP contribution in [-0.4, -0.2) is 52.7 Å². The Morgan fingerprint density at radius 3 is 2.57 bits per heavy atom. The fourth-order valence-corrected chi connectivity index (χ4v) is 3.12. The quantitative estimate of drug-likeness (QED) is 0.682. The molecule has 5 nitrogen and oxygen atoms in total. The van der Waals surface area contributed by atoms with Crippen LogP contribution >= 0.6 is 0 Å². The minimum Gasteiger partial charge on any atom is -0.354 e. The number of rotatable bonds is 1. The molecule has 0 atom stereocenters. The summed E-state index contributed by atoms with van der Waals surface area (Å²) >= 11 is 0. The van der Waals surface area contributed by atoms with Crippen LogP contribution in [0.2, 0.25) is 0 Å². The third-order valence-corrected chi connectivity index (χ3v) is 4.45. The number of hydrogen-bond acceptors (Lipinski definition) is 4. The summed E-state index contributed by atoms with van der Waals surface area (Å²) in [4.78, 5) is 13.9. The number of piperazine rings is 1. The molecule has 1 fully saturated rings. The van der Waals surface area contributed by atoms with Crippen LogP contribution in [-0.2, 0) is 7.05 Å². The molecule has 1 aliphatic heterocycles. The molecular weight excluding hydrogens is 262 g/mol. The number of aryl methyl sites for hydroxylation is 1. The van der Waals surface area contributed by atoms with E-state index in [1.807, 2.05) is 18.5 Å². The molecule has 21 heavy (non-hydrogen) atoms. The molecule has 0 N–H and O–H groups in total. The van der Waals surface area contributed by atoms with Crippen LogP contribution in [0.25, 0.3) is 21.9 Å². The zero-order valence-electron chi connectivity index (χ0n) is 12.5. The minimum absolute atomic E-state index is 1.04. The fourth-order valence-electron chi connectivity index (χ4n) is 3.12. The minimum atomic E-state index is 1.04.